The number of ether oxygens (including phenoxy) is 1. The van der Waals surface area contributed by atoms with Crippen LogP contribution < -0.4 is 10.5 Å². The summed E-state index contributed by atoms with van der Waals surface area (Å²) in [4.78, 5) is 10.9. The lowest BCUT2D eigenvalue weighted by Gasteiger charge is -1.86. The maximum absolute atomic E-state index is 10.5. The maximum atomic E-state index is 10.5. The predicted molar refractivity (Wildman–Crippen MR) is 37.2 cm³/mol. The summed E-state index contributed by atoms with van der Waals surface area (Å²) in [5, 5.41) is 0. The van der Waals surface area contributed by atoms with Crippen molar-refractivity contribution in [1.29, 1.82) is 0 Å². The Kier molecular flexibility index (Phi) is 1.86. The molecule has 0 aliphatic heterocycles. The second kappa shape index (κ2) is 2.66. The highest BCUT2D eigenvalue weighted by molar-refractivity contribution is 7.08. The molecular weight excluding hydrogens is 152 g/mol. The Morgan fingerprint density at radius 2 is 2.60 bits per heavy atom. The summed E-state index contributed by atoms with van der Waals surface area (Å²) in [6, 6.07) is 1.51. The minimum atomic E-state index is -0.471. The molecule has 54 valence electrons. The van der Waals surface area contributed by atoms with Crippen LogP contribution in [0, 0.1) is 0 Å². The van der Waals surface area contributed by atoms with Crippen molar-refractivity contribution in [2.45, 2.75) is 0 Å². The molecule has 2 N–H and O–H groups in total. The molecule has 4 nitrogen and oxygen atoms in total. The monoisotopic (exact) mass is 158 g/mol. The number of methoxy groups -OCH3 is 1. The summed E-state index contributed by atoms with van der Waals surface area (Å²) in [5.74, 6) is -0.0420. The molecule has 0 radical (unpaired) electrons. The Balaban J connectivity index is 2.88. The lowest BCUT2D eigenvalue weighted by molar-refractivity contribution is 0.100. The van der Waals surface area contributed by atoms with Crippen molar-refractivity contribution in [2.24, 2.45) is 5.73 Å². The highest BCUT2D eigenvalue weighted by Crippen LogP contribution is 2.14. The molecule has 10 heavy (non-hydrogen) atoms. The molecule has 0 unspecified atom stereocenters. The van der Waals surface area contributed by atoms with Crippen molar-refractivity contribution >= 4 is 17.4 Å². The Labute approximate surface area is 61.8 Å². The van der Waals surface area contributed by atoms with Gasteiger partial charge in [0.05, 0.1) is 7.11 Å². The number of hydrogen-bond acceptors (Lipinski definition) is 4. The Morgan fingerprint density at radius 1 is 1.90 bits per heavy atom. The number of aromatic nitrogens is 1. The quantitative estimate of drug-likeness (QED) is 0.671. The molecule has 0 saturated carbocycles. The first-order valence-electron chi connectivity index (χ1n) is 2.54. The van der Waals surface area contributed by atoms with Crippen molar-refractivity contribution in [1.82, 2.24) is 4.37 Å². The minimum absolute atomic E-state index is 0.414. The van der Waals surface area contributed by atoms with E-state index in [2.05, 4.69) is 4.37 Å². The average molecular weight is 158 g/mol. The average Bonchev–Trinajstić information content (AvgIpc) is 2.34. The van der Waals surface area contributed by atoms with Gasteiger partial charge >= 0.3 is 0 Å². The maximum Gasteiger partial charge on any atom is 0.260 e. The number of hydrogen-bond donors (Lipinski definition) is 1. The molecule has 0 aromatic carbocycles. The van der Waals surface area contributed by atoms with Crippen LogP contribution in [0.2, 0.25) is 0 Å². The van der Waals surface area contributed by atoms with Crippen LogP contribution >= 0.6 is 11.5 Å². The van der Waals surface area contributed by atoms with E-state index in [1.807, 2.05) is 0 Å². The van der Waals surface area contributed by atoms with Crippen molar-refractivity contribution in [3.05, 3.63) is 10.9 Å². The number of nitrogens with zero attached hydrogens (tertiary/aromatic N) is 1. The zero-order valence-corrected chi connectivity index (χ0v) is 6.14. The molecular formula is C5H6N2O2S. The summed E-state index contributed by atoms with van der Waals surface area (Å²) in [5.41, 5.74) is 4.96. The van der Waals surface area contributed by atoms with E-state index in [-0.39, 0.29) is 0 Å². The number of carbonyl (C=O) groups is 1. The number of carbonyl (C=O) groups excluding carboxylic acids is 1. The molecule has 0 aliphatic rings. The van der Waals surface area contributed by atoms with Crippen LogP contribution in [0.3, 0.4) is 0 Å². The molecule has 0 spiro atoms. The van der Waals surface area contributed by atoms with Crippen LogP contribution in [0.15, 0.2) is 6.07 Å². The number of primary amides is 1. The van der Waals surface area contributed by atoms with Gasteiger partial charge in [0.15, 0.2) is 0 Å². The zero-order valence-electron chi connectivity index (χ0n) is 5.33. The van der Waals surface area contributed by atoms with E-state index >= 15 is 0 Å². The fourth-order valence-electron chi connectivity index (χ4n) is 0.471. The second-order valence-corrected chi connectivity index (χ2v) is 2.40. The van der Waals surface area contributed by atoms with Gasteiger partial charge in [0.1, 0.15) is 4.88 Å². The lowest BCUT2D eigenvalue weighted by atomic mass is 10.5. The molecule has 0 bridgehead atoms. The van der Waals surface area contributed by atoms with Crippen LogP contribution in [-0.2, 0) is 0 Å². The Hall–Kier alpha value is -1.10. The van der Waals surface area contributed by atoms with Gasteiger partial charge in [-0.3, -0.25) is 4.79 Å². The van der Waals surface area contributed by atoms with Gasteiger partial charge in [-0.1, -0.05) is 0 Å². The molecule has 5 heteroatoms. The minimum Gasteiger partial charge on any atom is -0.480 e. The summed E-state index contributed by atoms with van der Waals surface area (Å²) in [6.07, 6.45) is 0. The van der Waals surface area contributed by atoms with Gasteiger partial charge in [-0.05, 0) is 11.5 Å². The normalized spacial score (nSPS) is 9.30. The molecule has 0 atom stereocenters. The van der Waals surface area contributed by atoms with Gasteiger partial charge in [-0.15, -0.1) is 0 Å². The largest absolute Gasteiger partial charge is 0.480 e. The van der Waals surface area contributed by atoms with E-state index in [0.717, 1.165) is 11.5 Å². The van der Waals surface area contributed by atoms with Gasteiger partial charge in [-0.2, -0.15) is 4.37 Å². The summed E-state index contributed by atoms with van der Waals surface area (Å²) < 4.78 is 8.51. The van der Waals surface area contributed by atoms with E-state index in [1.54, 1.807) is 0 Å². The molecule has 0 aliphatic carbocycles. The second-order valence-electron chi connectivity index (χ2n) is 1.60. The number of nitrogens with two attached hydrogens (primary N) is 1. The molecule has 1 aromatic rings. The SMILES string of the molecule is COc1cc(C(N)=O)sn1. The number of amides is 1. The van der Waals surface area contributed by atoms with E-state index in [4.69, 9.17) is 10.5 Å². The van der Waals surface area contributed by atoms with Crippen LogP contribution in [-0.4, -0.2) is 17.4 Å². The van der Waals surface area contributed by atoms with E-state index in [9.17, 15) is 4.79 Å². The van der Waals surface area contributed by atoms with Gasteiger partial charge < -0.3 is 10.5 Å². The third kappa shape index (κ3) is 1.24. The van der Waals surface area contributed by atoms with E-state index in [0.29, 0.717) is 10.8 Å². The first-order valence-corrected chi connectivity index (χ1v) is 3.32. The van der Waals surface area contributed by atoms with Gasteiger partial charge in [0.25, 0.3) is 5.91 Å². The third-order valence-corrected chi connectivity index (χ3v) is 1.73. The summed E-state index contributed by atoms with van der Waals surface area (Å²) in [6.45, 7) is 0. The third-order valence-electron chi connectivity index (χ3n) is 0.941. The van der Waals surface area contributed by atoms with E-state index in [1.165, 1.54) is 13.2 Å². The van der Waals surface area contributed by atoms with Crippen molar-refractivity contribution in [3.8, 4) is 5.88 Å². The highest BCUT2D eigenvalue weighted by atomic mass is 32.1. The molecule has 1 heterocycles. The van der Waals surface area contributed by atoms with Crippen molar-refractivity contribution < 1.29 is 9.53 Å². The number of rotatable bonds is 2. The van der Waals surface area contributed by atoms with Gasteiger partial charge in [0.2, 0.25) is 5.88 Å². The zero-order chi connectivity index (χ0) is 7.56. The molecule has 1 aromatic heterocycles. The smallest absolute Gasteiger partial charge is 0.260 e. The highest BCUT2D eigenvalue weighted by Gasteiger charge is 2.05. The van der Waals surface area contributed by atoms with Crippen molar-refractivity contribution in [2.75, 3.05) is 7.11 Å². The van der Waals surface area contributed by atoms with Gasteiger partial charge in [0, 0.05) is 6.07 Å². The lowest BCUT2D eigenvalue weighted by Crippen LogP contribution is -2.08. The first-order chi connectivity index (χ1) is 4.74. The van der Waals surface area contributed by atoms with E-state index < -0.39 is 5.91 Å². The summed E-state index contributed by atoms with van der Waals surface area (Å²) >= 11 is 1.03. The first kappa shape index (κ1) is 7.01. The van der Waals surface area contributed by atoms with Crippen LogP contribution in [0.4, 0.5) is 0 Å². The van der Waals surface area contributed by atoms with Crippen LogP contribution in [0.1, 0.15) is 9.67 Å². The fourth-order valence-corrected chi connectivity index (χ4v) is 1.03. The standard InChI is InChI=1S/C5H6N2O2S/c1-9-4-2-3(5(6)8)10-7-4/h2H,1H3,(H2,6,8). The Bertz CT molecular complexity index is 246. The molecule has 1 rings (SSSR count). The molecule has 0 fully saturated rings. The summed E-state index contributed by atoms with van der Waals surface area (Å²) in [7, 11) is 1.49. The predicted octanol–water partition coefficient (Wildman–Crippen LogP) is 0.251. The van der Waals surface area contributed by atoms with Gasteiger partial charge in [-0.25, -0.2) is 0 Å². The molecule has 0 saturated heterocycles. The van der Waals surface area contributed by atoms with Crippen LogP contribution in [0.25, 0.3) is 0 Å². The fraction of sp³-hybridized carbons (Fsp3) is 0.200. The van der Waals surface area contributed by atoms with Crippen molar-refractivity contribution in [3.63, 3.8) is 0 Å². The Morgan fingerprint density at radius 3 is 2.90 bits per heavy atom. The topological polar surface area (TPSA) is 65.2 Å². The molecule has 1 amide bonds. The van der Waals surface area contributed by atoms with Crippen LogP contribution in [0.5, 0.6) is 5.88 Å².